The molecule has 9 nitrogen and oxygen atoms in total. The molecule has 0 heterocycles. The van der Waals surface area contributed by atoms with E-state index in [0.29, 0.717) is 25.7 Å². The molecule has 0 atom stereocenters. The molecule has 1 aromatic carbocycles. The van der Waals surface area contributed by atoms with E-state index in [1.807, 2.05) is 20.2 Å². The summed E-state index contributed by atoms with van der Waals surface area (Å²) in [6, 6.07) is 6.12. The van der Waals surface area contributed by atoms with Gasteiger partial charge in [0.1, 0.15) is 13.2 Å². The van der Waals surface area contributed by atoms with Crippen LogP contribution in [0.2, 0.25) is 0 Å². The fourth-order valence-corrected chi connectivity index (χ4v) is 7.56. The van der Waals surface area contributed by atoms with Crippen LogP contribution in [0, 0.1) is 0 Å². The van der Waals surface area contributed by atoms with Crippen molar-refractivity contribution in [3.63, 3.8) is 0 Å². The number of carbonyl (C=O) groups excluding carboxylic acids is 2. The van der Waals surface area contributed by atoms with Gasteiger partial charge in [-0.25, -0.2) is 0 Å². The average molecular weight is 892 g/mol. The van der Waals surface area contributed by atoms with Gasteiger partial charge in [-0.2, -0.15) is 0 Å². The average Bonchev–Trinajstić information content (AvgIpc) is 3.25. The van der Waals surface area contributed by atoms with Crippen molar-refractivity contribution in [2.24, 2.45) is 0 Å². The first-order valence-corrected chi connectivity index (χ1v) is 25.3. The van der Waals surface area contributed by atoms with Crippen molar-refractivity contribution in [2.45, 2.75) is 225 Å². The summed E-state index contributed by atoms with van der Waals surface area (Å²) in [4.78, 5) is 48.3. The number of hydrogen-bond acceptors (Lipinski definition) is 7. The Balaban J connectivity index is 2.11. The van der Waals surface area contributed by atoms with Crippen molar-refractivity contribution in [1.82, 2.24) is 4.90 Å². The van der Waals surface area contributed by atoms with Gasteiger partial charge in [-0.1, -0.05) is 151 Å². The van der Waals surface area contributed by atoms with Gasteiger partial charge < -0.3 is 24.6 Å². The Hall–Kier alpha value is -3.98. The van der Waals surface area contributed by atoms with Crippen molar-refractivity contribution in [1.29, 1.82) is 0 Å². The van der Waals surface area contributed by atoms with Crippen LogP contribution in [0.1, 0.15) is 222 Å². The van der Waals surface area contributed by atoms with Gasteiger partial charge in [0.05, 0.1) is 0 Å². The van der Waals surface area contributed by atoms with E-state index in [1.165, 1.54) is 64.2 Å². The number of carbonyl (C=O) groups is 4. The normalized spacial score (nSPS) is 11.9. The Labute approximate surface area is 389 Å². The standard InChI is InChI=1S/C55H89NO8/c1-56(2)46-49-43-50(47-63-54(61)41-37-33-29-25-21-17-13-9-5-3-7-11-15-19-23-27-31-35-39-52(57)58)45-51(44-49)48-64-55(62)42-38-34-30-26-22-18-14-10-6-4-8-12-16-20-24-28-32-36-40-53(59)60/h5-12,43-45H,3-4,13-42,46-48H2,1-2H3,(H,57,58)(H,59,60)/b9-5-,10-6-,11-7-,12-8-. The molecule has 0 aromatic heterocycles. The Bertz CT molecular complexity index is 1360. The Kier molecular flexibility index (Phi) is 38.9. The molecule has 362 valence electrons. The zero-order valence-electron chi connectivity index (χ0n) is 40.4. The predicted octanol–water partition coefficient (Wildman–Crippen LogP) is 14.7. The molecule has 0 fully saturated rings. The summed E-state index contributed by atoms with van der Waals surface area (Å²) in [7, 11) is 4.04. The second kappa shape index (κ2) is 42.9. The summed E-state index contributed by atoms with van der Waals surface area (Å²) in [5.41, 5.74) is 2.93. The van der Waals surface area contributed by atoms with Gasteiger partial charge in [0.15, 0.2) is 0 Å². The zero-order valence-corrected chi connectivity index (χ0v) is 40.4. The third-order valence-corrected chi connectivity index (χ3v) is 11.1. The first kappa shape index (κ1) is 58.0. The Morgan fingerprint density at radius 3 is 1.00 bits per heavy atom. The number of unbranched alkanes of at least 4 members (excludes halogenated alkanes) is 22. The second-order valence-corrected chi connectivity index (χ2v) is 17.8. The lowest BCUT2D eigenvalue weighted by Crippen LogP contribution is -2.12. The number of carboxylic acids is 2. The van der Waals surface area contributed by atoms with Crippen molar-refractivity contribution in [3.8, 4) is 0 Å². The zero-order chi connectivity index (χ0) is 46.6. The number of rotatable bonds is 44. The van der Waals surface area contributed by atoms with Crippen LogP contribution in [-0.2, 0) is 48.4 Å². The van der Waals surface area contributed by atoms with Crippen molar-refractivity contribution < 1.29 is 38.9 Å². The molecule has 64 heavy (non-hydrogen) atoms. The van der Waals surface area contributed by atoms with E-state index in [2.05, 4.69) is 65.6 Å². The smallest absolute Gasteiger partial charge is 0.306 e. The molecule has 2 N–H and O–H groups in total. The molecular formula is C55H89NO8. The molecule has 9 heteroatoms. The highest BCUT2D eigenvalue weighted by atomic mass is 16.5. The first-order valence-electron chi connectivity index (χ1n) is 25.3. The highest BCUT2D eigenvalue weighted by Crippen LogP contribution is 2.17. The molecule has 1 rings (SSSR count). The molecular weight excluding hydrogens is 803 g/mol. The van der Waals surface area contributed by atoms with Crippen molar-refractivity contribution in [3.05, 3.63) is 83.5 Å². The number of esters is 2. The summed E-state index contributed by atoms with van der Waals surface area (Å²) < 4.78 is 11.3. The number of benzene rings is 1. The highest BCUT2D eigenvalue weighted by Gasteiger charge is 2.10. The van der Waals surface area contributed by atoms with Crippen molar-refractivity contribution >= 4 is 23.9 Å². The minimum absolute atomic E-state index is 0.165. The molecule has 0 aliphatic rings. The fraction of sp³-hybridized carbons (Fsp3) is 0.673. The molecule has 0 radical (unpaired) electrons. The number of carboxylic acid groups (broad SMARTS) is 2. The van der Waals surface area contributed by atoms with Gasteiger partial charge in [0, 0.05) is 32.2 Å². The molecule has 0 amide bonds. The van der Waals surface area contributed by atoms with Crippen LogP contribution in [0.3, 0.4) is 0 Å². The highest BCUT2D eigenvalue weighted by molar-refractivity contribution is 5.69. The maximum Gasteiger partial charge on any atom is 0.306 e. The van der Waals surface area contributed by atoms with Gasteiger partial charge >= 0.3 is 23.9 Å². The molecule has 1 aromatic rings. The van der Waals surface area contributed by atoms with Gasteiger partial charge in [0.2, 0.25) is 0 Å². The molecule has 0 saturated carbocycles. The first-order chi connectivity index (χ1) is 31.2. The van der Waals surface area contributed by atoms with Crippen molar-refractivity contribution in [2.75, 3.05) is 14.1 Å². The van der Waals surface area contributed by atoms with Crippen LogP contribution in [-0.4, -0.2) is 53.1 Å². The Morgan fingerprint density at radius 1 is 0.406 bits per heavy atom. The number of nitrogens with zero attached hydrogens (tertiary/aromatic N) is 1. The van der Waals surface area contributed by atoms with Crippen LogP contribution in [0.5, 0.6) is 0 Å². The van der Waals surface area contributed by atoms with Gasteiger partial charge in [-0.3, -0.25) is 19.2 Å². The van der Waals surface area contributed by atoms with E-state index in [9.17, 15) is 19.2 Å². The minimum atomic E-state index is -0.694. The maximum absolute atomic E-state index is 12.6. The predicted molar refractivity (Wildman–Crippen MR) is 263 cm³/mol. The van der Waals surface area contributed by atoms with Gasteiger partial charge in [0.25, 0.3) is 0 Å². The number of hydrogen-bond donors (Lipinski definition) is 2. The summed E-state index contributed by atoms with van der Waals surface area (Å²) in [6.45, 7) is 1.18. The van der Waals surface area contributed by atoms with Gasteiger partial charge in [-0.15, -0.1) is 0 Å². The summed E-state index contributed by atoms with van der Waals surface area (Å²) in [5, 5.41) is 17.3. The second-order valence-electron chi connectivity index (χ2n) is 17.8. The summed E-state index contributed by atoms with van der Waals surface area (Å²) in [6.07, 6.45) is 49.7. The minimum Gasteiger partial charge on any atom is -0.481 e. The summed E-state index contributed by atoms with van der Waals surface area (Å²) in [5.74, 6) is -1.72. The fourth-order valence-electron chi connectivity index (χ4n) is 7.56. The Morgan fingerprint density at radius 2 is 0.688 bits per heavy atom. The van der Waals surface area contributed by atoms with E-state index < -0.39 is 11.9 Å². The third kappa shape index (κ3) is 40.8. The van der Waals surface area contributed by atoms with Crippen LogP contribution < -0.4 is 0 Å². The van der Waals surface area contributed by atoms with Crippen LogP contribution >= 0.6 is 0 Å². The SMILES string of the molecule is CN(C)Cc1cc(COC(=O)CCCCCCCC/C=C\C/C=C\CCCCCCCC(=O)O)cc(COC(=O)CCCCCCCC/C=C\C/C=C\CCCCCCCC(=O)O)c1. The topological polar surface area (TPSA) is 130 Å². The molecule has 0 unspecified atom stereocenters. The van der Waals surface area contributed by atoms with E-state index in [-0.39, 0.29) is 25.2 Å². The van der Waals surface area contributed by atoms with Crippen LogP contribution in [0.25, 0.3) is 0 Å². The van der Waals surface area contributed by atoms with Crippen LogP contribution in [0.4, 0.5) is 0 Å². The van der Waals surface area contributed by atoms with E-state index in [1.54, 1.807) is 0 Å². The van der Waals surface area contributed by atoms with E-state index >= 15 is 0 Å². The number of ether oxygens (including phenoxy) is 2. The van der Waals surface area contributed by atoms with Crippen LogP contribution in [0.15, 0.2) is 66.8 Å². The lowest BCUT2D eigenvalue weighted by Gasteiger charge is -2.14. The van der Waals surface area contributed by atoms with E-state index in [0.717, 1.165) is 139 Å². The third-order valence-electron chi connectivity index (χ3n) is 11.1. The number of aliphatic carboxylic acids is 2. The molecule has 0 spiro atoms. The molecule has 0 aliphatic carbocycles. The maximum atomic E-state index is 12.6. The molecule has 0 saturated heterocycles. The molecule has 0 aliphatic heterocycles. The number of allylic oxidation sites excluding steroid dienone is 8. The quantitative estimate of drug-likeness (QED) is 0.0373. The largest absolute Gasteiger partial charge is 0.481 e. The summed E-state index contributed by atoms with van der Waals surface area (Å²) >= 11 is 0. The lowest BCUT2D eigenvalue weighted by molar-refractivity contribution is -0.145. The lowest BCUT2D eigenvalue weighted by atomic mass is 10.1. The monoisotopic (exact) mass is 892 g/mol. The molecule has 0 bridgehead atoms. The van der Waals surface area contributed by atoms with E-state index in [4.69, 9.17) is 19.7 Å². The van der Waals surface area contributed by atoms with Gasteiger partial charge in [-0.05, 0) is 127 Å².